The third-order valence-electron chi connectivity index (χ3n) is 3.36. The van der Waals surface area contributed by atoms with E-state index in [4.69, 9.17) is 4.98 Å². The van der Waals surface area contributed by atoms with E-state index in [2.05, 4.69) is 37.8 Å². The summed E-state index contributed by atoms with van der Waals surface area (Å²) in [4.78, 5) is 17.7. The fourth-order valence-corrected chi connectivity index (χ4v) is 4.53. The van der Waals surface area contributed by atoms with Crippen molar-refractivity contribution in [2.45, 2.75) is 10.9 Å². The van der Waals surface area contributed by atoms with Crippen LogP contribution in [0.1, 0.15) is 5.69 Å². The first-order valence-electron chi connectivity index (χ1n) is 7.22. The molecular weight excluding hydrogens is 358 g/mol. The summed E-state index contributed by atoms with van der Waals surface area (Å²) in [5.41, 5.74) is 2.88. The van der Waals surface area contributed by atoms with E-state index in [1.807, 2.05) is 24.5 Å². The summed E-state index contributed by atoms with van der Waals surface area (Å²) in [5, 5.41) is 6.47. The molecule has 0 saturated carbocycles. The number of hydrogen-bond acceptors (Lipinski definition) is 8. The van der Waals surface area contributed by atoms with Gasteiger partial charge >= 0.3 is 0 Å². The third-order valence-corrected chi connectivity index (χ3v) is 6.33. The molecule has 1 N–H and O–H groups in total. The molecule has 4 rings (SSSR count). The highest BCUT2D eigenvalue weighted by Gasteiger charge is 2.11. The molecule has 3 aromatic heterocycles. The SMILES string of the molecule is CSc1nc2ncnc(NCc3csc(-c4ccccc4)n3)c2s1. The minimum absolute atomic E-state index is 0.627. The predicted molar refractivity (Wildman–Crippen MR) is 102 cm³/mol. The molecule has 0 aliphatic rings. The second-order valence-electron chi connectivity index (χ2n) is 4.92. The molecule has 0 spiro atoms. The highest BCUT2D eigenvalue weighted by atomic mass is 32.2. The lowest BCUT2D eigenvalue weighted by Gasteiger charge is -2.03. The Bertz CT molecular complexity index is 964. The van der Waals surface area contributed by atoms with Crippen LogP contribution in [-0.4, -0.2) is 26.2 Å². The van der Waals surface area contributed by atoms with E-state index in [0.29, 0.717) is 6.54 Å². The van der Waals surface area contributed by atoms with E-state index in [1.165, 1.54) is 0 Å². The summed E-state index contributed by atoms with van der Waals surface area (Å²) < 4.78 is 1.98. The van der Waals surface area contributed by atoms with Gasteiger partial charge in [-0.05, 0) is 6.26 Å². The molecule has 0 saturated heterocycles. The van der Waals surface area contributed by atoms with Crippen LogP contribution in [-0.2, 0) is 6.54 Å². The van der Waals surface area contributed by atoms with E-state index in [-0.39, 0.29) is 0 Å². The lowest BCUT2D eigenvalue weighted by atomic mass is 10.2. The Balaban J connectivity index is 1.53. The molecule has 0 unspecified atom stereocenters. The number of anilines is 1. The highest BCUT2D eigenvalue weighted by Crippen LogP contribution is 2.31. The Morgan fingerprint density at radius 1 is 1.12 bits per heavy atom. The fourth-order valence-electron chi connectivity index (χ4n) is 2.22. The zero-order valence-electron chi connectivity index (χ0n) is 12.8. The first-order valence-corrected chi connectivity index (χ1v) is 10.1. The second-order valence-corrected chi connectivity index (χ2v) is 7.83. The number of thioether (sulfide) groups is 1. The van der Waals surface area contributed by atoms with Gasteiger partial charge in [-0.2, -0.15) is 0 Å². The Labute approximate surface area is 151 Å². The van der Waals surface area contributed by atoms with Crippen LogP contribution in [0.5, 0.6) is 0 Å². The van der Waals surface area contributed by atoms with Gasteiger partial charge in [-0.3, -0.25) is 0 Å². The topological polar surface area (TPSA) is 63.6 Å². The monoisotopic (exact) mass is 371 g/mol. The smallest absolute Gasteiger partial charge is 0.176 e. The van der Waals surface area contributed by atoms with Crippen molar-refractivity contribution < 1.29 is 0 Å². The number of fused-ring (bicyclic) bond motifs is 1. The van der Waals surface area contributed by atoms with Gasteiger partial charge in [-0.25, -0.2) is 19.9 Å². The number of nitrogens with one attached hydrogen (secondary N) is 1. The van der Waals surface area contributed by atoms with Crippen molar-refractivity contribution in [2.24, 2.45) is 0 Å². The number of thiazole rings is 2. The fraction of sp³-hybridized carbons (Fsp3) is 0.125. The summed E-state index contributed by atoms with van der Waals surface area (Å²) in [7, 11) is 0. The van der Waals surface area contributed by atoms with E-state index < -0.39 is 0 Å². The molecule has 5 nitrogen and oxygen atoms in total. The number of aromatic nitrogens is 4. The molecule has 0 radical (unpaired) electrons. The second kappa shape index (κ2) is 6.84. The van der Waals surface area contributed by atoms with Crippen LogP contribution in [0.15, 0.2) is 46.4 Å². The Hall–Kier alpha value is -2.03. The first-order chi connectivity index (χ1) is 11.8. The average Bonchev–Trinajstić information content (AvgIpc) is 3.27. The van der Waals surface area contributed by atoms with Crippen LogP contribution in [0.3, 0.4) is 0 Å². The molecule has 24 heavy (non-hydrogen) atoms. The van der Waals surface area contributed by atoms with E-state index in [0.717, 1.165) is 36.8 Å². The summed E-state index contributed by atoms with van der Waals surface area (Å²) in [6.45, 7) is 0.627. The zero-order valence-corrected chi connectivity index (χ0v) is 15.2. The molecule has 0 aliphatic heterocycles. The van der Waals surface area contributed by atoms with Crippen LogP contribution in [0, 0.1) is 0 Å². The number of rotatable bonds is 5. The molecule has 0 aliphatic carbocycles. The Kier molecular flexibility index (Phi) is 4.42. The number of benzene rings is 1. The van der Waals surface area contributed by atoms with Gasteiger partial charge in [0.1, 0.15) is 21.9 Å². The van der Waals surface area contributed by atoms with Gasteiger partial charge < -0.3 is 5.32 Å². The summed E-state index contributed by atoms with van der Waals surface area (Å²) in [6, 6.07) is 10.2. The van der Waals surface area contributed by atoms with Crippen LogP contribution in [0.25, 0.3) is 20.9 Å². The van der Waals surface area contributed by atoms with Crippen LogP contribution in [0.4, 0.5) is 5.82 Å². The molecule has 0 atom stereocenters. The van der Waals surface area contributed by atoms with Gasteiger partial charge in [0, 0.05) is 10.9 Å². The molecule has 4 aromatic rings. The Morgan fingerprint density at radius 2 is 2.00 bits per heavy atom. The van der Waals surface area contributed by atoms with Crippen molar-refractivity contribution in [3.8, 4) is 10.6 Å². The summed E-state index contributed by atoms with van der Waals surface area (Å²) >= 11 is 4.88. The molecule has 3 heterocycles. The standard InChI is InChI=1S/C16H13N5S3/c1-22-16-21-14-12(24-16)13(18-9-19-14)17-7-11-8-23-15(20-11)10-5-3-2-4-6-10/h2-6,8-9H,7H2,1H3,(H,17,18,19). The molecule has 1 aromatic carbocycles. The van der Waals surface area contributed by atoms with Crippen LogP contribution in [0.2, 0.25) is 0 Å². The van der Waals surface area contributed by atoms with Gasteiger partial charge in [0.05, 0.1) is 12.2 Å². The van der Waals surface area contributed by atoms with Crippen LogP contribution >= 0.6 is 34.4 Å². The van der Waals surface area contributed by atoms with Gasteiger partial charge in [0.25, 0.3) is 0 Å². The zero-order chi connectivity index (χ0) is 16.4. The molecule has 0 fully saturated rings. The van der Waals surface area contributed by atoms with Crippen molar-refractivity contribution >= 4 is 50.6 Å². The van der Waals surface area contributed by atoms with Gasteiger partial charge in [0.2, 0.25) is 0 Å². The van der Waals surface area contributed by atoms with Crippen molar-refractivity contribution in [3.63, 3.8) is 0 Å². The molecule has 8 heteroatoms. The van der Waals surface area contributed by atoms with E-state index in [9.17, 15) is 0 Å². The molecule has 0 bridgehead atoms. The lowest BCUT2D eigenvalue weighted by molar-refractivity contribution is 1.05. The minimum Gasteiger partial charge on any atom is -0.363 e. The number of nitrogens with zero attached hydrogens (tertiary/aromatic N) is 4. The molecular formula is C16H13N5S3. The molecule has 0 amide bonds. The van der Waals surface area contributed by atoms with Crippen molar-refractivity contribution in [1.29, 1.82) is 0 Å². The Morgan fingerprint density at radius 3 is 2.83 bits per heavy atom. The average molecular weight is 372 g/mol. The maximum absolute atomic E-state index is 4.69. The van der Waals surface area contributed by atoms with Crippen molar-refractivity contribution in [3.05, 3.63) is 47.7 Å². The lowest BCUT2D eigenvalue weighted by Crippen LogP contribution is -2.02. The quantitative estimate of drug-likeness (QED) is 0.520. The minimum atomic E-state index is 0.627. The number of hydrogen-bond donors (Lipinski definition) is 1. The molecule has 120 valence electrons. The van der Waals surface area contributed by atoms with E-state index in [1.54, 1.807) is 40.8 Å². The van der Waals surface area contributed by atoms with Gasteiger partial charge in [-0.1, -0.05) is 42.1 Å². The maximum Gasteiger partial charge on any atom is 0.176 e. The summed E-state index contributed by atoms with van der Waals surface area (Å²) in [6.07, 6.45) is 3.56. The van der Waals surface area contributed by atoms with Crippen molar-refractivity contribution in [2.75, 3.05) is 11.6 Å². The summed E-state index contributed by atoms with van der Waals surface area (Å²) in [5.74, 6) is 0.812. The third kappa shape index (κ3) is 3.12. The largest absolute Gasteiger partial charge is 0.363 e. The normalized spacial score (nSPS) is 11.0. The highest BCUT2D eigenvalue weighted by molar-refractivity contribution is 8.00. The van der Waals surface area contributed by atoms with E-state index >= 15 is 0 Å². The predicted octanol–water partition coefficient (Wildman–Crippen LogP) is 4.54. The maximum atomic E-state index is 4.69. The van der Waals surface area contributed by atoms with Gasteiger partial charge in [-0.15, -0.1) is 22.7 Å². The van der Waals surface area contributed by atoms with Crippen molar-refractivity contribution in [1.82, 2.24) is 19.9 Å². The van der Waals surface area contributed by atoms with Crippen LogP contribution < -0.4 is 5.32 Å². The van der Waals surface area contributed by atoms with Gasteiger partial charge in [0.15, 0.2) is 9.99 Å². The first kappa shape index (κ1) is 15.5.